The molecule has 0 atom stereocenters. The first-order chi connectivity index (χ1) is 11.6. The summed E-state index contributed by atoms with van der Waals surface area (Å²) < 4.78 is 21.3. The molecule has 0 spiro atoms. The molecule has 3 aromatic rings. The Morgan fingerprint density at radius 1 is 1.21 bits per heavy atom. The first-order valence-corrected chi connectivity index (χ1v) is 6.99. The Balaban J connectivity index is 1.84. The predicted molar refractivity (Wildman–Crippen MR) is 82.3 cm³/mol. The highest BCUT2D eigenvalue weighted by Crippen LogP contribution is 2.27. The van der Waals surface area contributed by atoms with E-state index in [9.17, 15) is 9.59 Å². The molecule has 124 valence electrons. The summed E-state index contributed by atoms with van der Waals surface area (Å²) in [6, 6.07) is 7.99. The fraction of sp³-hybridized carbons (Fsp3) is 0.188. The minimum atomic E-state index is -0.741. The molecule has 3 rings (SSSR count). The average Bonchev–Trinajstić information content (AvgIpc) is 3.24. The van der Waals surface area contributed by atoms with E-state index in [0.29, 0.717) is 22.8 Å². The standard InChI is InChI=1S/C16H14N2O6/c1-21-12-6-5-10(8-14(12)22-2)11(19)9-18-16(20)24-15(17-18)13-4-3-7-23-13/h3-8H,9H2,1-2H3. The Bertz CT molecular complexity index is 907. The summed E-state index contributed by atoms with van der Waals surface area (Å²) in [6.45, 7) is -0.265. The van der Waals surface area contributed by atoms with Gasteiger partial charge in [-0.25, -0.2) is 4.79 Å². The van der Waals surface area contributed by atoms with E-state index in [1.165, 1.54) is 20.5 Å². The highest BCUT2D eigenvalue weighted by Gasteiger charge is 2.17. The normalized spacial score (nSPS) is 10.6. The number of Topliss-reactive ketones (excluding diaryl/α,β-unsaturated/α-hetero) is 1. The van der Waals surface area contributed by atoms with E-state index in [-0.39, 0.29) is 18.2 Å². The smallest absolute Gasteiger partial charge is 0.437 e. The summed E-state index contributed by atoms with van der Waals surface area (Å²) in [5, 5.41) is 3.96. The zero-order valence-electron chi connectivity index (χ0n) is 13.0. The van der Waals surface area contributed by atoms with Crippen LogP contribution in [-0.2, 0) is 6.54 Å². The van der Waals surface area contributed by atoms with E-state index >= 15 is 0 Å². The quantitative estimate of drug-likeness (QED) is 0.638. The van der Waals surface area contributed by atoms with Crippen molar-refractivity contribution in [3.05, 3.63) is 52.7 Å². The molecule has 0 radical (unpaired) electrons. The fourth-order valence-electron chi connectivity index (χ4n) is 2.14. The topological polar surface area (TPSA) is 96.7 Å². The maximum atomic E-state index is 12.4. The number of nitrogens with zero attached hydrogens (tertiary/aromatic N) is 2. The third-order valence-electron chi connectivity index (χ3n) is 3.34. The molecule has 8 nitrogen and oxygen atoms in total. The highest BCUT2D eigenvalue weighted by molar-refractivity contribution is 5.96. The van der Waals surface area contributed by atoms with Crippen LogP contribution in [0, 0.1) is 0 Å². The van der Waals surface area contributed by atoms with Crippen molar-refractivity contribution >= 4 is 5.78 Å². The molecule has 1 aromatic carbocycles. The molecule has 24 heavy (non-hydrogen) atoms. The molecule has 8 heteroatoms. The lowest BCUT2D eigenvalue weighted by molar-refractivity contribution is 0.0964. The van der Waals surface area contributed by atoms with Gasteiger partial charge in [0.15, 0.2) is 23.0 Å². The molecule has 0 N–H and O–H groups in total. The van der Waals surface area contributed by atoms with E-state index in [2.05, 4.69) is 5.10 Å². The van der Waals surface area contributed by atoms with Gasteiger partial charge in [-0.05, 0) is 30.3 Å². The van der Waals surface area contributed by atoms with Gasteiger partial charge in [0.05, 0.1) is 20.5 Å². The summed E-state index contributed by atoms with van der Waals surface area (Å²) in [4.78, 5) is 24.2. The van der Waals surface area contributed by atoms with Crippen LogP contribution < -0.4 is 15.2 Å². The van der Waals surface area contributed by atoms with Gasteiger partial charge in [-0.3, -0.25) is 4.79 Å². The number of furan rings is 1. The van der Waals surface area contributed by atoms with Crippen LogP contribution in [0.1, 0.15) is 10.4 Å². The Morgan fingerprint density at radius 2 is 2.00 bits per heavy atom. The molecule has 0 aliphatic rings. The monoisotopic (exact) mass is 330 g/mol. The van der Waals surface area contributed by atoms with Gasteiger partial charge < -0.3 is 18.3 Å². The number of hydrogen-bond acceptors (Lipinski definition) is 7. The lowest BCUT2D eigenvalue weighted by Crippen LogP contribution is -2.21. The number of carbonyl (C=O) groups excluding carboxylic acids is 1. The summed E-state index contributed by atoms with van der Waals surface area (Å²) in [5.74, 6) is 0.196. The number of methoxy groups -OCH3 is 2. The number of rotatable bonds is 6. The molecule has 0 saturated heterocycles. The van der Waals surface area contributed by atoms with E-state index < -0.39 is 5.76 Å². The van der Waals surface area contributed by atoms with Crippen molar-refractivity contribution in [2.75, 3.05) is 14.2 Å². The Hall–Kier alpha value is -3.29. The summed E-state index contributed by atoms with van der Waals surface area (Å²) >= 11 is 0. The number of hydrogen-bond donors (Lipinski definition) is 0. The number of ketones is 1. The van der Waals surface area contributed by atoms with Crippen LogP contribution in [0.15, 0.2) is 50.2 Å². The van der Waals surface area contributed by atoms with Crippen LogP contribution in [0.5, 0.6) is 11.5 Å². The lowest BCUT2D eigenvalue weighted by atomic mass is 10.1. The van der Waals surface area contributed by atoms with Gasteiger partial charge in [0.1, 0.15) is 6.54 Å². The zero-order valence-corrected chi connectivity index (χ0v) is 13.0. The SMILES string of the molecule is COc1ccc(C(=O)Cn2nc(-c3ccco3)oc2=O)cc1OC. The van der Waals surface area contributed by atoms with Gasteiger partial charge in [-0.15, -0.1) is 5.10 Å². The second kappa shape index (κ2) is 6.45. The van der Waals surface area contributed by atoms with Crippen molar-refractivity contribution in [1.29, 1.82) is 0 Å². The van der Waals surface area contributed by atoms with E-state index in [1.54, 1.807) is 30.3 Å². The van der Waals surface area contributed by atoms with E-state index in [1.807, 2.05) is 0 Å². The molecule has 0 aliphatic heterocycles. The molecule has 2 heterocycles. The minimum absolute atomic E-state index is 0.0186. The predicted octanol–water partition coefficient (Wildman–Crippen LogP) is 2.00. The summed E-state index contributed by atoms with van der Waals surface area (Å²) in [7, 11) is 2.98. The van der Waals surface area contributed by atoms with Crippen molar-refractivity contribution in [1.82, 2.24) is 9.78 Å². The van der Waals surface area contributed by atoms with E-state index in [4.69, 9.17) is 18.3 Å². The third-order valence-corrected chi connectivity index (χ3v) is 3.34. The Labute approximate surface area is 136 Å². The van der Waals surface area contributed by atoms with Gasteiger partial charge >= 0.3 is 5.76 Å². The molecule has 0 saturated carbocycles. The second-order valence-electron chi connectivity index (χ2n) is 4.80. The molecular formula is C16H14N2O6. The largest absolute Gasteiger partial charge is 0.493 e. The van der Waals surface area contributed by atoms with Gasteiger partial charge in [0, 0.05) is 5.56 Å². The van der Waals surface area contributed by atoms with Gasteiger partial charge in [-0.2, -0.15) is 4.68 Å². The summed E-state index contributed by atoms with van der Waals surface area (Å²) in [6.07, 6.45) is 1.43. The molecule has 0 bridgehead atoms. The van der Waals surface area contributed by atoms with Crippen LogP contribution in [0.4, 0.5) is 0 Å². The summed E-state index contributed by atoms with van der Waals surface area (Å²) in [5.41, 5.74) is 0.363. The highest BCUT2D eigenvalue weighted by atomic mass is 16.5. The molecule has 0 fully saturated rings. The van der Waals surface area contributed by atoms with Gasteiger partial charge in [0.2, 0.25) is 0 Å². The van der Waals surface area contributed by atoms with Crippen LogP contribution in [0.25, 0.3) is 11.7 Å². The lowest BCUT2D eigenvalue weighted by Gasteiger charge is -2.08. The molecule has 0 unspecified atom stereocenters. The van der Waals surface area contributed by atoms with Crippen LogP contribution in [0.3, 0.4) is 0 Å². The van der Waals surface area contributed by atoms with Crippen LogP contribution >= 0.6 is 0 Å². The molecule has 0 aliphatic carbocycles. The van der Waals surface area contributed by atoms with Crippen molar-refractivity contribution in [2.24, 2.45) is 0 Å². The number of benzene rings is 1. The van der Waals surface area contributed by atoms with Crippen LogP contribution in [-0.4, -0.2) is 29.8 Å². The molecule has 2 aromatic heterocycles. The van der Waals surface area contributed by atoms with Crippen LogP contribution in [0.2, 0.25) is 0 Å². The number of ether oxygens (including phenoxy) is 2. The van der Waals surface area contributed by atoms with Crippen molar-refractivity contribution in [3.8, 4) is 23.1 Å². The number of aromatic nitrogens is 2. The third kappa shape index (κ3) is 2.94. The molecular weight excluding hydrogens is 316 g/mol. The van der Waals surface area contributed by atoms with Crippen molar-refractivity contribution in [3.63, 3.8) is 0 Å². The van der Waals surface area contributed by atoms with E-state index in [0.717, 1.165) is 4.68 Å². The molecule has 0 amide bonds. The van der Waals surface area contributed by atoms with Crippen molar-refractivity contribution in [2.45, 2.75) is 6.54 Å². The minimum Gasteiger partial charge on any atom is -0.493 e. The maximum Gasteiger partial charge on any atom is 0.437 e. The van der Waals surface area contributed by atoms with Crippen molar-refractivity contribution < 1.29 is 23.1 Å². The fourth-order valence-corrected chi connectivity index (χ4v) is 2.14. The van der Waals surface area contributed by atoms with Gasteiger partial charge in [0.25, 0.3) is 5.89 Å². The first-order valence-electron chi connectivity index (χ1n) is 6.99. The average molecular weight is 330 g/mol. The first kappa shape index (κ1) is 15.6. The van der Waals surface area contributed by atoms with Gasteiger partial charge in [-0.1, -0.05) is 0 Å². The second-order valence-corrected chi connectivity index (χ2v) is 4.80. The Kier molecular flexibility index (Phi) is 4.19. The maximum absolute atomic E-state index is 12.4. The Morgan fingerprint density at radius 3 is 2.67 bits per heavy atom. The number of carbonyl (C=O) groups is 1. The zero-order chi connectivity index (χ0) is 17.1.